The number of amides is 1. The van der Waals surface area contributed by atoms with Crippen LogP contribution in [0.3, 0.4) is 0 Å². The van der Waals surface area contributed by atoms with Crippen LogP contribution in [0, 0.1) is 5.92 Å². The van der Waals surface area contributed by atoms with Gasteiger partial charge in [-0.15, -0.1) is 11.8 Å². The Kier molecular flexibility index (Phi) is 7.32. The van der Waals surface area contributed by atoms with Crippen LogP contribution in [0.25, 0.3) is 0 Å². The largest absolute Gasteiger partial charge is 0.339 e. The van der Waals surface area contributed by atoms with Gasteiger partial charge in [0.1, 0.15) is 0 Å². The molecule has 2 aliphatic carbocycles. The fourth-order valence-corrected chi connectivity index (χ4v) is 5.58. The highest BCUT2D eigenvalue weighted by Crippen LogP contribution is 2.39. The summed E-state index contributed by atoms with van der Waals surface area (Å²) in [6.07, 6.45) is 9.72. The van der Waals surface area contributed by atoms with E-state index in [9.17, 15) is 4.79 Å². The van der Waals surface area contributed by atoms with Crippen molar-refractivity contribution in [3.63, 3.8) is 0 Å². The number of benzene rings is 2. The van der Waals surface area contributed by atoms with Crippen LogP contribution in [-0.4, -0.2) is 29.1 Å². The van der Waals surface area contributed by atoms with Gasteiger partial charge in [0.2, 0.25) is 5.91 Å². The number of nitrogens with zero attached hydrogens (tertiary/aromatic N) is 1. The van der Waals surface area contributed by atoms with Crippen molar-refractivity contribution in [1.82, 2.24) is 4.90 Å². The molecule has 2 fully saturated rings. The molecule has 0 heterocycles. The van der Waals surface area contributed by atoms with E-state index in [0.717, 1.165) is 18.7 Å². The number of thioether (sulfide) groups is 1. The van der Waals surface area contributed by atoms with Crippen molar-refractivity contribution in [3.05, 3.63) is 66.2 Å². The average molecular weight is 408 g/mol. The smallest absolute Gasteiger partial charge is 0.230 e. The van der Waals surface area contributed by atoms with Crippen LogP contribution in [0.2, 0.25) is 0 Å². The third-order valence-electron chi connectivity index (χ3n) is 6.37. The maximum absolute atomic E-state index is 13.8. The van der Waals surface area contributed by atoms with Crippen LogP contribution in [0.15, 0.2) is 65.6 Å². The second-order valence-corrected chi connectivity index (χ2v) is 9.73. The van der Waals surface area contributed by atoms with Crippen LogP contribution in [0.1, 0.15) is 62.8 Å². The van der Waals surface area contributed by atoms with E-state index in [1.165, 1.54) is 55.4 Å². The van der Waals surface area contributed by atoms with E-state index < -0.39 is 0 Å². The summed E-state index contributed by atoms with van der Waals surface area (Å²) in [5.41, 5.74) is 1.23. The van der Waals surface area contributed by atoms with Gasteiger partial charge in [0, 0.05) is 17.5 Å². The monoisotopic (exact) mass is 407 g/mol. The molecule has 0 saturated heterocycles. The summed E-state index contributed by atoms with van der Waals surface area (Å²) < 4.78 is 0. The fraction of sp³-hybridized carbons (Fsp3) is 0.500. The molecular weight excluding hydrogens is 374 g/mol. The summed E-state index contributed by atoms with van der Waals surface area (Å²) in [5.74, 6) is 2.03. The van der Waals surface area contributed by atoms with Crippen LogP contribution < -0.4 is 0 Å². The molecule has 1 unspecified atom stereocenters. The van der Waals surface area contributed by atoms with Gasteiger partial charge in [0.15, 0.2) is 0 Å². The normalized spacial score (nSPS) is 18.3. The Morgan fingerprint density at radius 2 is 1.55 bits per heavy atom. The molecule has 154 valence electrons. The predicted octanol–water partition coefficient (Wildman–Crippen LogP) is 6.52. The van der Waals surface area contributed by atoms with E-state index in [1.807, 2.05) is 11.8 Å². The first kappa shape index (κ1) is 20.5. The maximum atomic E-state index is 13.8. The van der Waals surface area contributed by atoms with Crippen LogP contribution in [0.4, 0.5) is 0 Å². The fourth-order valence-electron chi connectivity index (χ4n) is 4.72. The van der Waals surface area contributed by atoms with E-state index in [2.05, 4.69) is 65.6 Å². The molecule has 0 spiro atoms. The summed E-state index contributed by atoms with van der Waals surface area (Å²) in [4.78, 5) is 17.4. The Hall–Kier alpha value is -1.74. The van der Waals surface area contributed by atoms with Crippen LogP contribution >= 0.6 is 11.8 Å². The molecule has 0 bridgehead atoms. The van der Waals surface area contributed by atoms with Crippen molar-refractivity contribution in [2.75, 3.05) is 12.3 Å². The molecule has 2 saturated carbocycles. The number of carbonyl (C=O) groups excluding carboxylic acids is 1. The summed E-state index contributed by atoms with van der Waals surface area (Å²) in [6.45, 7) is 0.902. The molecule has 4 rings (SSSR count). The Balaban J connectivity index is 1.42. The second-order valence-electron chi connectivity index (χ2n) is 8.56. The lowest BCUT2D eigenvalue weighted by Crippen LogP contribution is -2.40. The Labute approximate surface area is 180 Å². The Morgan fingerprint density at radius 3 is 2.21 bits per heavy atom. The minimum atomic E-state index is 0.0545. The van der Waals surface area contributed by atoms with Crippen molar-refractivity contribution < 1.29 is 4.79 Å². The zero-order valence-electron chi connectivity index (χ0n) is 17.3. The molecule has 0 radical (unpaired) electrons. The molecule has 1 amide bonds. The van der Waals surface area contributed by atoms with Gasteiger partial charge in [-0.05, 0) is 61.5 Å². The van der Waals surface area contributed by atoms with Gasteiger partial charge < -0.3 is 4.90 Å². The van der Waals surface area contributed by atoms with Crippen molar-refractivity contribution >= 4 is 17.7 Å². The number of rotatable bonds is 9. The van der Waals surface area contributed by atoms with Gasteiger partial charge in [0.05, 0.1) is 5.92 Å². The predicted molar refractivity (Wildman–Crippen MR) is 122 cm³/mol. The second kappa shape index (κ2) is 10.3. The summed E-state index contributed by atoms with van der Waals surface area (Å²) in [5, 5.41) is 0. The summed E-state index contributed by atoms with van der Waals surface area (Å²) in [7, 11) is 0. The zero-order valence-corrected chi connectivity index (χ0v) is 18.2. The molecule has 2 aromatic rings. The average Bonchev–Trinajstić information content (AvgIpc) is 3.61. The first-order valence-electron chi connectivity index (χ1n) is 11.4. The number of hydrogen-bond acceptors (Lipinski definition) is 2. The molecule has 2 aliphatic rings. The topological polar surface area (TPSA) is 20.3 Å². The van der Waals surface area contributed by atoms with E-state index >= 15 is 0 Å². The molecule has 1 atom stereocenters. The number of carbonyl (C=O) groups is 1. The SMILES string of the molecule is O=C(C(c1ccccc1)C1CCCCC1)N(CCCSc1ccccc1)C1CC1. The Morgan fingerprint density at radius 1 is 0.897 bits per heavy atom. The van der Waals surface area contributed by atoms with Crippen molar-refractivity contribution in [2.45, 2.75) is 68.2 Å². The molecule has 0 aromatic heterocycles. The van der Waals surface area contributed by atoms with E-state index in [0.29, 0.717) is 17.9 Å². The quantitative estimate of drug-likeness (QED) is 0.348. The van der Waals surface area contributed by atoms with Gasteiger partial charge in [0.25, 0.3) is 0 Å². The zero-order chi connectivity index (χ0) is 19.9. The van der Waals surface area contributed by atoms with Crippen LogP contribution in [0.5, 0.6) is 0 Å². The standard InChI is InChI=1S/C26H33NOS/c28-26(25(21-11-4-1-5-12-21)22-13-6-2-7-14-22)27(23-17-18-23)19-10-20-29-24-15-8-3-9-16-24/h1,3-5,8-9,11-12,15-16,22-23,25H,2,6-7,10,13-14,17-20H2. The van der Waals surface area contributed by atoms with E-state index in [4.69, 9.17) is 0 Å². The van der Waals surface area contributed by atoms with Crippen LogP contribution in [-0.2, 0) is 4.79 Å². The molecule has 2 nitrogen and oxygen atoms in total. The summed E-state index contributed by atoms with van der Waals surface area (Å²) >= 11 is 1.90. The molecule has 0 aliphatic heterocycles. The maximum Gasteiger partial charge on any atom is 0.230 e. The van der Waals surface area contributed by atoms with Gasteiger partial charge in [-0.2, -0.15) is 0 Å². The lowest BCUT2D eigenvalue weighted by Gasteiger charge is -2.34. The molecule has 2 aromatic carbocycles. The van der Waals surface area contributed by atoms with Gasteiger partial charge in [-0.25, -0.2) is 0 Å². The molecule has 29 heavy (non-hydrogen) atoms. The Bertz CT molecular complexity index is 753. The highest BCUT2D eigenvalue weighted by Gasteiger charge is 2.39. The molecule has 3 heteroatoms. The van der Waals surface area contributed by atoms with Gasteiger partial charge in [-0.1, -0.05) is 67.8 Å². The third kappa shape index (κ3) is 5.66. The highest BCUT2D eigenvalue weighted by molar-refractivity contribution is 7.99. The minimum absolute atomic E-state index is 0.0545. The highest BCUT2D eigenvalue weighted by atomic mass is 32.2. The minimum Gasteiger partial charge on any atom is -0.339 e. The van der Waals surface area contributed by atoms with Gasteiger partial charge in [-0.3, -0.25) is 4.79 Å². The molecule has 0 N–H and O–H groups in total. The third-order valence-corrected chi connectivity index (χ3v) is 7.47. The lowest BCUT2D eigenvalue weighted by atomic mass is 9.76. The first-order valence-corrected chi connectivity index (χ1v) is 12.3. The lowest BCUT2D eigenvalue weighted by molar-refractivity contribution is -0.135. The molecular formula is C26H33NOS. The van der Waals surface area contributed by atoms with Crippen molar-refractivity contribution in [1.29, 1.82) is 0 Å². The van der Waals surface area contributed by atoms with Crippen molar-refractivity contribution in [2.24, 2.45) is 5.92 Å². The van der Waals surface area contributed by atoms with Gasteiger partial charge >= 0.3 is 0 Å². The summed E-state index contributed by atoms with van der Waals surface area (Å²) in [6, 6.07) is 21.7. The van der Waals surface area contributed by atoms with E-state index in [-0.39, 0.29) is 5.92 Å². The number of hydrogen-bond donors (Lipinski definition) is 0. The van der Waals surface area contributed by atoms with E-state index in [1.54, 1.807) is 0 Å². The van der Waals surface area contributed by atoms with Crippen molar-refractivity contribution in [3.8, 4) is 0 Å². The first-order chi connectivity index (χ1) is 14.3.